The Bertz CT molecular complexity index is 702. The third-order valence-electron chi connectivity index (χ3n) is 3.68. The monoisotopic (exact) mass is 300 g/mol. The summed E-state index contributed by atoms with van der Waals surface area (Å²) in [6, 6.07) is 8.62. The Morgan fingerprint density at radius 2 is 2.19 bits per heavy atom. The summed E-state index contributed by atoms with van der Waals surface area (Å²) >= 11 is 1.64. The molecule has 2 aromatic heterocycles. The number of nitrogens with zero attached hydrogens (tertiary/aromatic N) is 3. The van der Waals surface area contributed by atoms with Crippen LogP contribution in [0.4, 0.5) is 0 Å². The van der Waals surface area contributed by atoms with E-state index in [2.05, 4.69) is 46.9 Å². The second kappa shape index (κ2) is 6.37. The van der Waals surface area contributed by atoms with E-state index < -0.39 is 0 Å². The van der Waals surface area contributed by atoms with E-state index in [0.717, 1.165) is 30.8 Å². The lowest BCUT2D eigenvalue weighted by Crippen LogP contribution is -2.24. The molecule has 4 nitrogen and oxygen atoms in total. The number of para-hydroxylation sites is 1. The minimum Gasteiger partial charge on any atom is -0.308 e. The van der Waals surface area contributed by atoms with E-state index >= 15 is 0 Å². The van der Waals surface area contributed by atoms with E-state index in [1.165, 1.54) is 10.9 Å². The summed E-state index contributed by atoms with van der Waals surface area (Å²) in [5.74, 6) is 0. The van der Waals surface area contributed by atoms with Gasteiger partial charge in [-0.25, -0.2) is 4.98 Å². The molecule has 1 unspecified atom stereocenters. The minimum absolute atomic E-state index is 0.231. The molecule has 0 aliphatic carbocycles. The van der Waals surface area contributed by atoms with Crippen molar-refractivity contribution in [3.05, 3.63) is 46.5 Å². The van der Waals surface area contributed by atoms with Crippen LogP contribution in [0.5, 0.6) is 0 Å². The molecule has 110 valence electrons. The molecule has 0 saturated carbocycles. The first-order valence-electron chi connectivity index (χ1n) is 7.31. The van der Waals surface area contributed by atoms with Crippen molar-refractivity contribution >= 4 is 22.2 Å². The molecule has 1 N–H and O–H groups in total. The van der Waals surface area contributed by atoms with Gasteiger partial charge >= 0.3 is 0 Å². The first kappa shape index (κ1) is 14.2. The number of hydrogen-bond donors (Lipinski definition) is 1. The molecule has 0 aliphatic heterocycles. The summed E-state index contributed by atoms with van der Waals surface area (Å²) < 4.78 is 1.96. The van der Waals surface area contributed by atoms with Crippen molar-refractivity contribution in [2.45, 2.75) is 25.8 Å². The largest absolute Gasteiger partial charge is 0.308 e. The van der Waals surface area contributed by atoms with Gasteiger partial charge in [0.1, 0.15) is 0 Å². The van der Waals surface area contributed by atoms with Crippen LogP contribution < -0.4 is 5.32 Å². The van der Waals surface area contributed by atoms with Crippen LogP contribution in [0.1, 0.15) is 30.8 Å². The number of aromatic nitrogens is 3. The zero-order valence-corrected chi connectivity index (χ0v) is 13.2. The van der Waals surface area contributed by atoms with Crippen LogP contribution >= 0.6 is 11.3 Å². The van der Waals surface area contributed by atoms with Crippen LogP contribution in [0, 0.1) is 0 Å². The number of aryl methyl sites for hydroxylation is 1. The third-order valence-corrected chi connectivity index (χ3v) is 4.29. The lowest BCUT2D eigenvalue weighted by molar-refractivity contribution is 0.513. The molecule has 1 aromatic carbocycles. The number of benzene rings is 1. The van der Waals surface area contributed by atoms with E-state index in [1.807, 2.05) is 17.2 Å². The van der Waals surface area contributed by atoms with Gasteiger partial charge in [0, 0.05) is 24.2 Å². The first-order chi connectivity index (χ1) is 10.3. The lowest BCUT2D eigenvalue weighted by atomic mass is 10.1. The van der Waals surface area contributed by atoms with Crippen molar-refractivity contribution in [1.82, 2.24) is 20.1 Å². The second-order valence-corrected chi connectivity index (χ2v) is 5.93. The molecule has 3 aromatic rings. The van der Waals surface area contributed by atoms with Crippen molar-refractivity contribution in [1.29, 1.82) is 0 Å². The summed E-state index contributed by atoms with van der Waals surface area (Å²) in [5, 5.41) is 11.6. The van der Waals surface area contributed by atoms with Gasteiger partial charge in [-0.1, -0.05) is 25.1 Å². The zero-order chi connectivity index (χ0) is 14.7. The fourth-order valence-electron chi connectivity index (χ4n) is 2.63. The molecule has 0 radical (unpaired) electrons. The molecule has 21 heavy (non-hydrogen) atoms. The minimum atomic E-state index is 0.231. The SMILES string of the molecule is CCCNC(Cc1nn(C)c2ccccc12)c1cscn1. The van der Waals surface area contributed by atoms with Crippen LogP contribution in [0.2, 0.25) is 0 Å². The van der Waals surface area contributed by atoms with Gasteiger partial charge < -0.3 is 5.32 Å². The highest BCUT2D eigenvalue weighted by Gasteiger charge is 2.17. The summed E-state index contributed by atoms with van der Waals surface area (Å²) in [4.78, 5) is 4.47. The average Bonchev–Trinajstić information content (AvgIpc) is 3.13. The number of hydrogen-bond acceptors (Lipinski definition) is 4. The van der Waals surface area contributed by atoms with Gasteiger partial charge in [-0.05, 0) is 19.0 Å². The molecule has 0 bridgehead atoms. The summed E-state index contributed by atoms with van der Waals surface area (Å²) in [6.45, 7) is 3.17. The Morgan fingerprint density at radius 3 is 2.95 bits per heavy atom. The van der Waals surface area contributed by atoms with Gasteiger partial charge in [0.05, 0.1) is 28.5 Å². The summed E-state index contributed by atoms with van der Waals surface area (Å²) in [5.41, 5.74) is 5.32. The molecule has 3 rings (SSSR count). The van der Waals surface area contributed by atoms with E-state index in [1.54, 1.807) is 11.3 Å². The molecule has 2 heterocycles. The molecule has 0 amide bonds. The Labute approximate surface area is 128 Å². The highest BCUT2D eigenvalue weighted by Crippen LogP contribution is 2.23. The second-order valence-electron chi connectivity index (χ2n) is 5.21. The van der Waals surface area contributed by atoms with Gasteiger partial charge in [-0.2, -0.15) is 5.10 Å². The number of thiazole rings is 1. The maximum Gasteiger partial charge on any atom is 0.0795 e. The van der Waals surface area contributed by atoms with Gasteiger partial charge in [-0.3, -0.25) is 4.68 Å². The number of rotatable bonds is 6. The van der Waals surface area contributed by atoms with Crippen LogP contribution in [0.3, 0.4) is 0 Å². The smallest absolute Gasteiger partial charge is 0.0795 e. The van der Waals surface area contributed by atoms with Crippen LogP contribution in [0.15, 0.2) is 35.2 Å². The summed E-state index contributed by atoms with van der Waals surface area (Å²) in [7, 11) is 2.00. The molecule has 0 saturated heterocycles. The fraction of sp³-hybridized carbons (Fsp3) is 0.375. The number of nitrogens with one attached hydrogen (secondary N) is 1. The van der Waals surface area contributed by atoms with Gasteiger partial charge in [0.25, 0.3) is 0 Å². The molecule has 5 heteroatoms. The fourth-order valence-corrected chi connectivity index (χ4v) is 3.23. The van der Waals surface area contributed by atoms with E-state index in [0.29, 0.717) is 0 Å². The van der Waals surface area contributed by atoms with E-state index in [4.69, 9.17) is 5.10 Å². The highest BCUT2D eigenvalue weighted by atomic mass is 32.1. The molecule has 0 fully saturated rings. The van der Waals surface area contributed by atoms with Gasteiger partial charge in [0.15, 0.2) is 0 Å². The Balaban J connectivity index is 1.90. The van der Waals surface area contributed by atoms with Crippen LogP contribution in [-0.4, -0.2) is 21.3 Å². The normalized spacial score (nSPS) is 12.9. The van der Waals surface area contributed by atoms with Gasteiger partial charge in [-0.15, -0.1) is 11.3 Å². The van der Waals surface area contributed by atoms with Crippen molar-refractivity contribution in [3.8, 4) is 0 Å². The number of fused-ring (bicyclic) bond motifs is 1. The van der Waals surface area contributed by atoms with E-state index in [9.17, 15) is 0 Å². The maximum atomic E-state index is 4.70. The third kappa shape index (κ3) is 2.99. The van der Waals surface area contributed by atoms with Crippen molar-refractivity contribution in [2.24, 2.45) is 7.05 Å². The lowest BCUT2D eigenvalue weighted by Gasteiger charge is -2.15. The van der Waals surface area contributed by atoms with Crippen molar-refractivity contribution in [2.75, 3.05) is 6.54 Å². The Morgan fingerprint density at radius 1 is 1.33 bits per heavy atom. The first-order valence-corrected chi connectivity index (χ1v) is 8.26. The molecule has 0 aliphatic rings. The standard InChI is InChI=1S/C16H20N4S/c1-3-8-17-14(15-10-21-11-18-15)9-13-12-6-4-5-7-16(12)20(2)19-13/h4-7,10-11,14,17H,3,8-9H2,1-2H3. The van der Waals surface area contributed by atoms with Crippen LogP contribution in [-0.2, 0) is 13.5 Å². The van der Waals surface area contributed by atoms with Crippen molar-refractivity contribution < 1.29 is 0 Å². The predicted molar refractivity (Wildman–Crippen MR) is 87.6 cm³/mol. The highest BCUT2D eigenvalue weighted by molar-refractivity contribution is 7.07. The molecular formula is C16H20N4S. The molecule has 1 atom stereocenters. The predicted octanol–water partition coefficient (Wildman–Crippen LogP) is 3.31. The maximum absolute atomic E-state index is 4.70. The topological polar surface area (TPSA) is 42.7 Å². The van der Waals surface area contributed by atoms with Crippen molar-refractivity contribution in [3.63, 3.8) is 0 Å². The molecule has 0 spiro atoms. The van der Waals surface area contributed by atoms with Gasteiger partial charge in [0.2, 0.25) is 0 Å². The Hall–Kier alpha value is -1.72. The summed E-state index contributed by atoms with van der Waals surface area (Å²) in [6.07, 6.45) is 1.98. The quantitative estimate of drug-likeness (QED) is 0.759. The molecular weight excluding hydrogens is 280 g/mol. The Kier molecular flexibility index (Phi) is 4.31. The average molecular weight is 300 g/mol. The van der Waals surface area contributed by atoms with Crippen LogP contribution in [0.25, 0.3) is 10.9 Å². The van der Waals surface area contributed by atoms with E-state index in [-0.39, 0.29) is 6.04 Å². The zero-order valence-electron chi connectivity index (χ0n) is 12.4.